The van der Waals surface area contributed by atoms with E-state index in [0.717, 1.165) is 0 Å². The van der Waals surface area contributed by atoms with Gasteiger partial charge in [-0.15, -0.1) is 0 Å². The Morgan fingerprint density at radius 1 is 1.21 bits per heavy atom. The Morgan fingerprint density at radius 2 is 1.96 bits per heavy atom. The molecule has 3 rings (SSSR count). The normalized spacial score (nSPS) is 13.4. The molecule has 0 aliphatic carbocycles. The largest absolute Gasteiger partial charge is 0.497 e. The summed E-state index contributed by atoms with van der Waals surface area (Å²) in [7, 11) is -1.14. The number of anilines is 2. The number of nitrogens with zero attached hydrogens (tertiary/aromatic N) is 1. The van der Waals surface area contributed by atoms with Crippen LogP contribution in [-0.2, 0) is 14.8 Å². The average molecular weight is 427 g/mol. The number of hydrogen-bond donors (Lipinski definition) is 1. The lowest BCUT2D eigenvalue weighted by atomic mass is 10.2. The third kappa shape index (κ3) is 3.81. The van der Waals surface area contributed by atoms with Crippen molar-refractivity contribution in [1.29, 1.82) is 0 Å². The molecule has 8 nitrogen and oxygen atoms in total. The summed E-state index contributed by atoms with van der Waals surface area (Å²) in [6.07, 6.45) is 0. The number of rotatable bonds is 5. The van der Waals surface area contributed by atoms with Crippen molar-refractivity contribution in [3.63, 3.8) is 0 Å². The van der Waals surface area contributed by atoms with Gasteiger partial charge in [0.1, 0.15) is 28.8 Å². The maximum atomic E-state index is 12.9. The van der Waals surface area contributed by atoms with Gasteiger partial charge in [0, 0.05) is 19.1 Å². The Morgan fingerprint density at radius 3 is 2.61 bits per heavy atom. The summed E-state index contributed by atoms with van der Waals surface area (Å²) < 4.78 is 44.2. The molecule has 0 saturated carbocycles. The monoisotopic (exact) mass is 426 g/mol. The van der Waals surface area contributed by atoms with E-state index in [9.17, 15) is 13.2 Å². The van der Waals surface area contributed by atoms with Gasteiger partial charge in [-0.05, 0) is 18.2 Å². The number of nitrogens with one attached hydrogen (secondary N) is 1. The standard InChI is InChI=1S/C18H19ClN2O6S/c1-11(22)21-6-7-27-17-10-18(13(19)9-15(17)21)28(23,24)20-14-5-4-12(25-2)8-16(14)26-3/h4-5,8-10,20H,6-7H2,1-3H3. The van der Waals surface area contributed by atoms with Crippen molar-refractivity contribution in [2.75, 3.05) is 37.0 Å². The van der Waals surface area contributed by atoms with Gasteiger partial charge < -0.3 is 19.1 Å². The highest BCUT2D eigenvalue weighted by Gasteiger charge is 2.27. The third-order valence-corrected chi connectivity index (χ3v) is 6.03. The smallest absolute Gasteiger partial charge is 0.263 e. The molecule has 28 heavy (non-hydrogen) atoms. The third-order valence-electron chi connectivity index (χ3n) is 4.20. The molecule has 0 spiro atoms. The van der Waals surface area contributed by atoms with E-state index in [2.05, 4.69) is 4.72 Å². The number of hydrogen-bond acceptors (Lipinski definition) is 6. The quantitative estimate of drug-likeness (QED) is 0.790. The molecule has 0 aromatic heterocycles. The van der Waals surface area contributed by atoms with Crippen LogP contribution in [0.1, 0.15) is 6.92 Å². The molecule has 150 valence electrons. The summed E-state index contributed by atoms with van der Waals surface area (Å²) in [6.45, 7) is 2.05. The first-order chi connectivity index (χ1) is 13.3. The van der Waals surface area contributed by atoms with Gasteiger partial charge in [0.25, 0.3) is 10.0 Å². The van der Waals surface area contributed by atoms with Crippen molar-refractivity contribution in [2.45, 2.75) is 11.8 Å². The number of amides is 1. The van der Waals surface area contributed by atoms with Crippen molar-refractivity contribution < 1.29 is 27.4 Å². The molecule has 0 radical (unpaired) electrons. The molecule has 0 fully saturated rings. The Bertz CT molecular complexity index is 1020. The van der Waals surface area contributed by atoms with Crippen LogP contribution < -0.4 is 23.8 Å². The molecule has 2 aromatic rings. The van der Waals surface area contributed by atoms with Crippen LogP contribution in [0.4, 0.5) is 11.4 Å². The van der Waals surface area contributed by atoms with Gasteiger partial charge in [-0.3, -0.25) is 9.52 Å². The topological polar surface area (TPSA) is 94.2 Å². The minimum absolute atomic E-state index is 0.0320. The summed E-state index contributed by atoms with van der Waals surface area (Å²) in [5, 5.41) is -0.0320. The molecule has 1 aliphatic heterocycles. The van der Waals surface area contributed by atoms with Gasteiger partial charge in [0.15, 0.2) is 0 Å². The second-order valence-corrected chi connectivity index (χ2v) is 8.00. The highest BCUT2D eigenvalue weighted by Crippen LogP contribution is 2.39. The van der Waals surface area contributed by atoms with Crippen LogP contribution in [0.3, 0.4) is 0 Å². The number of carbonyl (C=O) groups excluding carboxylic acids is 1. The fraction of sp³-hybridized carbons (Fsp3) is 0.278. The molecule has 10 heteroatoms. The lowest BCUT2D eigenvalue weighted by molar-refractivity contribution is -0.116. The highest BCUT2D eigenvalue weighted by molar-refractivity contribution is 7.92. The predicted molar refractivity (Wildman–Crippen MR) is 105 cm³/mol. The molecule has 2 aromatic carbocycles. The first-order valence-electron chi connectivity index (χ1n) is 8.26. The molecule has 0 unspecified atom stereocenters. The van der Waals surface area contributed by atoms with E-state index < -0.39 is 10.0 Å². The van der Waals surface area contributed by atoms with Crippen LogP contribution >= 0.6 is 11.6 Å². The van der Waals surface area contributed by atoms with E-state index in [0.29, 0.717) is 18.0 Å². The fourth-order valence-corrected chi connectivity index (χ4v) is 4.44. The number of carbonyl (C=O) groups is 1. The Hall–Kier alpha value is -2.65. The van der Waals surface area contributed by atoms with E-state index in [1.54, 1.807) is 12.1 Å². The molecule has 0 atom stereocenters. The van der Waals surface area contributed by atoms with Crippen molar-refractivity contribution in [3.8, 4) is 17.2 Å². The Balaban J connectivity index is 2.00. The summed E-state index contributed by atoms with van der Waals surface area (Å²) in [6, 6.07) is 7.40. The summed E-state index contributed by atoms with van der Waals surface area (Å²) in [4.78, 5) is 13.1. The second kappa shape index (κ2) is 7.76. The molecular weight excluding hydrogens is 408 g/mol. The molecular formula is C18H19ClN2O6S. The van der Waals surface area contributed by atoms with Crippen molar-refractivity contribution in [2.24, 2.45) is 0 Å². The zero-order valence-corrected chi connectivity index (χ0v) is 17.1. The van der Waals surface area contributed by atoms with E-state index in [4.69, 9.17) is 25.8 Å². The van der Waals surface area contributed by atoms with E-state index in [1.165, 1.54) is 44.2 Å². The van der Waals surface area contributed by atoms with Gasteiger partial charge in [-0.2, -0.15) is 0 Å². The van der Waals surface area contributed by atoms with Crippen LogP contribution in [0.5, 0.6) is 17.2 Å². The molecule has 1 N–H and O–H groups in total. The number of halogens is 1. The van der Waals surface area contributed by atoms with Gasteiger partial charge >= 0.3 is 0 Å². The van der Waals surface area contributed by atoms with Crippen molar-refractivity contribution >= 4 is 38.9 Å². The van der Waals surface area contributed by atoms with Gasteiger partial charge in [-0.1, -0.05) is 11.6 Å². The van der Waals surface area contributed by atoms with Crippen LogP contribution in [0.25, 0.3) is 0 Å². The van der Waals surface area contributed by atoms with Crippen LogP contribution in [-0.4, -0.2) is 41.7 Å². The molecule has 1 amide bonds. The molecule has 1 heterocycles. The predicted octanol–water partition coefficient (Wildman–Crippen LogP) is 2.90. The number of methoxy groups -OCH3 is 2. The maximum absolute atomic E-state index is 12.9. The molecule has 0 saturated heterocycles. The van der Waals surface area contributed by atoms with Crippen LogP contribution in [0, 0.1) is 0 Å². The number of ether oxygens (including phenoxy) is 3. The Labute approximate surface area is 168 Å². The SMILES string of the molecule is COc1ccc(NS(=O)(=O)c2cc3c(cc2Cl)N(C(C)=O)CCO3)c(OC)c1. The van der Waals surface area contributed by atoms with E-state index in [-0.39, 0.29) is 39.6 Å². The minimum Gasteiger partial charge on any atom is -0.497 e. The highest BCUT2D eigenvalue weighted by atomic mass is 35.5. The van der Waals surface area contributed by atoms with Gasteiger partial charge in [-0.25, -0.2) is 8.42 Å². The lowest BCUT2D eigenvalue weighted by Crippen LogP contribution is -2.36. The summed E-state index contributed by atoms with van der Waals surface area (Å²) in [5.41, 5.74) is 0.660. The van der Waals surface area contributed by atoms with Gasteiger partial charge in [0.05, 0.1) is 37.2 Å². The summed E-state index contributed by atoms with van der Waals surface area (Å²) >= 11 is 6.24. The number of fused-ring (bicyclic) bond motifs is 1. The van der Waals surface area contributed by atoms with Crippen molar-refractivity contribution in [3.05, 3.63) is 35.4 Å². The average Bonchev–Trinajstić information content (AvgIpc) is 2.66. The number of benzene rings is 2. The zero-order chi connectivity index (χ0) is 20.5. The molecule has 0 bridgehead atoms. The van der Waals surface area contributed by atoms with Crippen molar-refractivity contribution in [1.82, 2.24) is 0 Å². The van der Waals surface area contributed by atoms with E-state index >= 15 is 0 Å². The Kier molecular flexibility index (Phi) is 5.57. The minimum atomic E-state index is -4.05. The number of sulfonamides is 1. The first-order valence-corrected chi connectivity index (χ1v) is 10.1. The molecule has 1 aliphatic rings. The zero-order valence-electron chi connectivity index (χ0n) is 15.5. The lowest BCUT2D eigenvalue weighted by Gasteiger charge is -2.29. The van der Waals surface area contributed by atoms with Crippen LogP contribution in [0.15, 0.2) is 35.2 Å². The van der Waals surface area contributed by atoms with Crippen LogP contribution in [0.2, 0.25) is 5.02 Å². The summed E-state index contributed by atoms with van der Waals surface area (Å²) in [5.74, 6) is 0.894. The second-order valence-electron chi connectivity index (χ2n) is 5.94. The van der Waals surface area contributed by atoms with E-state index in [1.807, 2.05) is 0 Å². The first kappa shape index (κ1) is 20.1. The fourth-order valence-electron chi connectivity index (χ4n) is 2.83. The van der Waals surface area contributed by atoms with Gasteiger partial charge in [0.2, 0.25) is 5.91 Å². The maximum Gasteiger partial charge on any atom is 0.263 e.